The van der Waals surface area contributed by atoms with Gasteiger partial charge in [0.15, 0.2) is 11.0 Å². The van der Waals surface area contributed by atoms with Crippen LogP contribution < -0.4 is 0 Å². The molecule has 0 radical (unpaired) electrons. The highest BCUT2D eigenvalue weighted by molar-refractivity contribution is 7.99. The minimum absolute atomic E-state index is 0.146. The van der Waals surface area contributed by atoms with E-state index in [1.54, 1.807) is 0 Å². The van der Waals surface area contributed by atoms with Gasteiger partial charge in [-0.3, -0.25) is 4.79 Å². The summed E-state index contributed by atoms with van der Waals surface area (Å²) in [4.78, 5) is 15.1. The maximum Gasteiger partial charge on any atom is 0.306 e. The van der Waals surface area contributed by atoms with Gasteiger partial charge in [0.2, 0.25) is 0 Å². The predicted octanol–water partition coefficient (Wildman–Crippen LogP) is 2.53. The van der Waals surface area contributed by atoms with E-state index in [1.807, 2.05) is 0 Å². The van der Waals surface area contributed by atoms with Crippen LogP contribution in [0.5, 0.6) is 0 Å². The molecule has 15 heavy (non-hydrogen) atoms. The third-order valence-electron chi connectivity index (χ3n) is 1.57. The van der Waals surface area contributed by atoms with Gasteiger partial charge in [-0.15, -0.1) is 11.8 Å². The molecule has 1 aromatic heterocycles. The van der Waals surface area contributed by atoms with Crippen LogP contribution in [0.15, 0.2) is 17.2 Å². The molecule has 0 saturated heterocycles. The molecule has 0 bridgehead atoms. The van der Waals surface area contributed by atoms with E-state index in [1.165, 1.54) is 31.1 Å². The van der Waals surface area contributed by atoms with Crippen LogP contribution in [0.25, 0.3) is 0 Å². The van der Waals surface area contributed by atoms with Gasteiger partial charge in [-0.25, -0.2) is 9.37 Å². The zero-order valence-electron chi connectivity index (χ0n) is 8.00. The number of esters is 1. The summed E-state index contributed by atoms with van der Waals surface area (Å²) in [6.07, 6.45) is 1.75. The minimum Gasteiger partial charge on any atom is -0.469 e. The second kappa shape index (κ2) is 5.92. The van der Waals surface area contributed by atoms with E-state index < -0.39 is 5.82 Å². The number of pyridine rings is 1. The van der Waals surface area contributed by atoms with Crippen molar-refractivity contribution in [1.82, 2.24) is 4.98 Å². The maximum absolute atomic E-state index is 12.9. The van der Waals surface area contributed by atoms with Gasteiger partial charge in [-0.2, -0.15) is 0 Å². The molecule has 3 nitrogen and oxygen atoms in total. The number of thioether (sulfide) groups is 1. The molecule has 1 aromatic rings. The van der Waals surface area contributed by atoms with Crippen molar-refractivity contribution >= 4 is 29.3 Å². The summed E-state index contributed by atoms with van der Waals surface area (Å²) in [5.41, 5.74) is 0. The van der Waals surface area contributed by atoms with Crippen molar-refractivity contribution in [2.45, 2.75) is 11.3 Å². The van der Waals surface area contributed by atoms with Crippen LogP contribution in [-0.2, 0) is 9.53 Å². The summed E-state index contributed by atoms with van der Waals surface area (Å²) >= 11 is 6.74. The zero-order valence-corrected chi connectivity index (χ0v) is 9.57. The largest absolute Gasteiger partial charge is 0.469 e. The molecule has 0 aliphatic carbocycles. The van der Waals surface area contributed by atoms with Gasteiger partial charge in [-0.1, -0.05) is 11.6 Å². The number of nitrogens with zero attached hydrogens (tertiary/aromatic N) is 1. The third-order valence-corrected chi connectivity index (χ3v) is 2.82. The number of methoxy groups -OCH3 is 1. The highest BCUT2D eigenvalue weighted by atomic mass is 35.5. The van der Waals surface area contributed by atoms with Crippen molar-refractivity contribution in [3.05, 3.63) is 23.2 Å². The summed E-state index contributed by atoms with van der Waals surface area (Å²) in [6.45, 7) is 0. The number of ether oxygens (including phenoxy) is 1. The van der Waals surface area contributed by atoms with Gasteiger partial charge in [-0.05, 0) is 6.07 Å². The lowest BCUT2D eigenvalue weighted by Gasteiger charge is -2.01. The lowest BCUT2D eigenvalue weighted by Crippen LogP contribution is -2.00. The van der Waals surface area contributed by atoms with E-state index in [-0.39, 0.29) is 17.5 Å². The van der Waals surface area contributed by atoms with Crippen LogP contribution in [0.1, 0.15) is 6.42 Å². The molecular weight excluding hydrogens is 241 g/mol. The molecule has 82 valence electrons. The standard InChI is InChI=1S/C9H9ClFNO2S/c1-14-8(13)2-3-15-6-4-7(11)9(10)12-5-6/h4-5H,2-3H2,1H3. The number of aromatic nitrogens is 1. The van der Waals surface area contributed by atoms with Gasteiger partial charge in [0.1, 0.15) is 0 Å². The monoisotopic (exact) mass is 249 g/mol. The average Bonchev–Trinajstić information content (AvgIpc) is 2.23. The first kappa shape index (κ1) is 12.3. The van der Waals surface area contributed by atoms with E-state index in [2.05, 4.69) is 9.72 Å². The number of carbonyl (C=O) groups is 1. The van der Waals surface area contributed by atoms with Crippen LogP contribution >= 0.6 is 23.4 Å². The smallest absolute Gasteiger partial charge is 0.306 e. The van der Waals surface area contributed by atoms with Crippen LogP contribution in [0.2, 0.25) is 5.15 Å². The summed E-state index contributed by atoms with van der Waals surface area (Å²) in [5.74, 6) is -0.320. The number of hydrogen-bond acceptors (Lipinski definition) is 4. The van der Waals surface area contributed by atoms with E-state index in [0.29, 0.717) is 10.6 Å². The summed E-state index contributed by atoms with van der Waals surface area (Å²) in [5, 5.41) is -0.146. The van der Waals surface area contributed by atoms with Crippen molar-refractivity contribution in [1.29, 1.82) is 0 Å². The van der Waals surface area contributed by atoms with Crippen LogP contribution in [0.3, 0.4) is 0 Å². The Bertz CT molecular complexity index is 362. The molecule has 0 aliphatic heterocycles. The molecule has 0 unspecified atom stereocenters. The normalized spacial score (nSPS) is 10.1. The molecule has 0 fully saturated rings. The first-order valence-corrected chi connectivity index (χ1v) is 5.50. The SMILES string of the molecule is COC(=O)CCSc1cnc(Cl)c(F)c1. The fourth-order valence-electron chi connectivity index (χ4n) is 0.837. The Labute approximate surface area is 96.0 Å². The maximum atomic E-state index is 12.9. The minimum atomic E-state index is -0.556. The molecule has 0 aromatic carbocycles. The van der Waals surface area contributed by atoms with E-state index in [4.69, 9.17) is 11.6 Å². The topological polar surface area (TPSA) is 39.2 Å². The van der Waals surface area contributed by atoms with Gasteiger partial charge >= 0.3 is 5.97 Å². The summed E-state index contributed by atoms with van der Waals surface area (Å²) < 4.78 is 17.4. The Morgan fingerprint density at radius 1 is 1.73 bits per heavy atom. The van der Waals surface area contributed by atoms with Crippen molar-refractivity contribution in [3.8, 4) is 0 Å². The molecule has 0 amide bonds. The highest BCUT2D eigenvalue weighted by Crippen LogP contribution is 2.21. The first-order chi connectivity index (χ1) is 7.13. The Morgan fingerprint density at radius 2 is 2.47 bits per heavy atom. The summed E-state index contributed by atoms with van der Waals surface area (Å²) in [6, 6.07) is 1.29. The van der Waals surface area contributed by atoms with Crippen LogP contribution in [-0.4, -0.2) is 23.8 Å². The molecule has 0 atom stereocenters. The van der Waals surface area contributed by atoms with Gasteiger partial charge in [0.05, 0.1) is 13.5 Å². The van der Waals surface area contributed by atoms with Crippen LogP contribution in [0.4, 0.5) is 4.39 Å². The fraction of sp³-hybridized carbons (Fsp3) is 0.333. The molecule has 0 spiro atoms. The molecular formula is C9H9ClFNO2S. The van der Waals surface area contributed by atoms with E-state index in [9.17, 15) is 9.18 Å². The number of carbonyl (C=O) groups excluding carboxylic acids is 1. The Hall–Kier alpha value is -0.810. The van der Waals surface area contributed by atoms with Gasteiger partial charge < -0.3 is 4.74 Å². The van der Waals surface area contributed by atoms with Crippen molar-refractivity contribution < 1.29 is 13.9 Å². The molecule has 6 heteroatoms. The number of rotatable bonds is 4. The van der Waals surface area contributed by atoms with Gasteiger partial charge in [0, 0.05) is 16.8 Å². The average molecular weight is 250 g/mol. The second-order valence-electron chi connectivity index (χ2n) is 2.62. The molecule has 0 aliphatic rings. The third kappa shape index (κ3) is 4.05. The van der Waals surface area contributed by atoms with Crippen molar-refractivity contribution in [3.63, 3.8) is 0 Å². The van der Waals surface area contributed by atoms with Crippen molar-refractivity contribution in [2.24, 2.45) is 0 Å². The number of hydrogen-bond donors (Lipinski definition) is 0. The molecule has 0 N–H and O–H groups in total. The van der Waals surface area contributed by atoms with Crippen molar-refractivity contribution in [2.75, 3.05) is 12.9 Å². The predicted molar refractivity (Wildman–Crippen MR) is 56.6 cm³/mol. The molecule has 1 rings (SSSR count). The Kier molecular flexibility index (Phi) is 4.84. The first-order valence-electron chi connectivity index (χ1n) is 4.14. The zero-order chi connectivity index (χ0) is 11.3. The lowest BCUT2D eigenvalue weighted by atomic mass is 10.5. The molecule has 1 heterocycles. The van der Waals surface area contributed by atoms with Gasteiger partial charge in [0.25, 0.3) is 0 Å². The lowest BCUT2D eigenvalue weighted by molar-refractivity contribution is -0.140. The molecule has 0 saturated carbocycles. The summed E-state index contributed by atoms with van der Waals surface area (Å²) in [7, 11) is 1.33. The highest BCUT2D eigenvalue weighted by Gasteiger charge is 2.04. The Morgan fingerprint density at radius 3 is 3.07 bits per heavy atom. The second-order valence-corrected chi connectivity index (χ2v) is 4.14. The quantitative estimate of drug-likeness (QED) is 0.467. The van der Waals surface area contributed by atoms with E-state index >= 15 is 0 Å². The number of halogens is 2. The Balaban J connectivity index is 2.44. The van der Waals surface area contributed by atoms with E-state index in [0.717, 1.165) is 0 Å². The fourth-order valence-corrected chi connectivity index (χ4v) is 1.76. The van der Waals surface area contributed by atoms with Crippen LogP contribution in [0, 0.1) is 5.82 Å².